The normalized spacial score (nSPS) is 18.7. The molecule has 1 unspecified atom stereocenters. The zero-order valence-corrected chi connectivity index (χ0v) is 13.4. The van der Waals surface area contributed by atoms with E-state index in [1.54, 1.807) is 0 Å². The van der Waals surface area contributed by atoms with Crippen LogP contribution in [0.3, 0.4) is 0 Å². The van der Waals surface area contributed by atoms with Crippen molar-refractivity contribution in [3.8, 4) is 0 Å². The van der Waals surface area contributed by atoms with Gasteiger partial charge >= 0.3 is 6.18 Å². The molecular formula is C17H20F3N3O. The quantitative estimate of drug-likeness (QED) is 0.908. The zero-order valence-electron chi connectivity index (χ0n) is 13.4. The van der Waals surface area contributed by atoms with Gasteiger partial charge in [0.1, 0.15) is 0 Å². The molecule has 1 aromatic carbocycles. The van der Waals surface area contributed by atoms with Crippen LogP contribution in [-0.4, -0.2) is 10.1 Å². The van der Waals surface area contributed by atoms with E-state index in [0.717, 1.165) is 43.4 Å². The van der Waals surface area contributed by atoms with Gasteiger partial charge in [0.15, 0.2) is 5.82 Å². The topological polar surface area (TPSA) is 64.9 Å². The van der Waals surface area contributed by atoms with E-state index in [0.29, 0.717) is 18.1 Å². The molecule has 0 saturated heterocycles. The van der Waals surface area contributed by atoms with Crippen LogP contribution in [0.4, 0.5) is 13.2 Å². The van der Waals surface area contributed by atoms with Crippen LogP contribution < -0.4 is 5.73 Å². The molecule has 3 rings (SSSR count). The molecule has 1 heterocycles. The first-order valence-corrected chi connectivity index (χ1v) is 8.07. The summed E-state index contributed by atoms with van der Waals surface area (Å²) in [5.41, 5.74) is 5.95. The number of hydrogen-bond acceptors (Lipinski definition) is 4. The van der Waals surface area contributed by atoms with Crippen LogP contribution in [-0.2, 0) is 18.1 Å². The monoisotopic (exact) mass is 339 g/mol. The van der Waals surface area contributed by atoms with Gasteiger partial charge in [-0.3, -0.25) is 0 Å². The minimum absolute atomic E-state index is 0.0297. The lowest BCUT2D eigenvalue weighted by molar-refractivity contribution is -0.137. The third-order valence-corrected chi connectivity index (χ3v) is 4.70. The maximum atomic E-state index is 12.6. The average Bonchev–Trinajstić information content (AvgIpc) is 3.17. The number of hydrogen-bond donors (Lipinski definition) is 1. The first-order chi connectivity index (χ1) is 11.3. The van der Waals surface area contributed by atoms with E-state index in [1.807, 2.05) is 6.92 Å². The second-order valence-corrected chi connectivity index (χ2v) is 6.60. The molecule has 0 spiro atoms. The molecule has 1 saturated carbocycles. The lowest BCUT2D eigenvalue weighted by Gasteiger charge is -2.17. The summed E-state index contributed by atoms with van der Waals surface area (Å²) in [6, 6.07) is 5.18. The summed E-state index contributed by atoms with van der Waals surface area (Å²) in [6.45, 7) is 1.92. The van der Waals surface area contributed by atoms with Crippen LogP contribution in [0.1, 0.15) is 61.4 Å². The smallest absolute Gasteiger partial charge is 0.339 e. The van der Waals surface area contributed by atoms with Crippen molar-refractivity contribution in [1.82, 2.24) is 10.1 Å². The molecule has 1 aromatic heterocycles. The maximum Gasteiger partial charge on any atom is 0.416 e. The lowest BCUT2D eigenvalue weighted by atomic mass is 9.96. The van der Waals surface area contributed by atoms with E-state index in [1.165, 1.54) is 12.1 Å². The van der Waals surface area contributed by atoms with E-state index in [9.17, 15) is 13.2 Å². The van der Waals surface area contributed by atoms with Gasteiger partial charge in [0.25, 0.3) is 0 Å². The van der Waals surface area contributed by atoms with Crippen LogP contribution in [0.2, 0.25) is 0 Å². The Kier molecular flexibility index (Phi) is 4.38. The lowest BCUT2D eigenvalue weighted by Crippen LogP contribution is -2.34. The molecule has 1 aliphatic rings. The van der Waals surface area contributed by atoms with Crippen molar-refractivity contribution < 1.29 is 17.7 Å². The van der Waals surface area contributed by atoms with Crippen LogP contribution in [0.5, 0.6) is 0 Å². The number of halogens is 3. The molecule has 130 valence electrons. The zero-order chi connectivity index (χ0) is 17.4. The predicted molar refractivity (Wildman–Crippen MR) is 82.2 cm³/mol. The number of rotatable bonds is 4. The predicted octanol–water partition coefficient (Wildman–Crippen LogP) is 4.16. The second kappa shape index (κ2) is 6.20. The number of nitrogens with zero attached hydrogens (tertiary/aromatic N) is 2. The third-order valence-electron chi connectivity index (χ3n) is 4.70. The van der Waals surface area contributed by atoms with Crippen LogP contribution >= 0.6 is 0 Å². The van der Waals surface area contributed by atoms with Crippen molar-refractivity contribution >= 4 is 0 Å². The average molecular weight is 339 g/mol. The number of benzene rings is 1. The maximum absolute atomic E-state index is 12.6. The highest BCUT2D eigenvalue weighted by molar-refractivity contribution is 5.27. The summed E-state index contributed by atoms with van der Waals surface area (Å²) in [6.07, 6.45) is -0.0418. The van der Waals surface area contributed by atoms with Gasteiger partial charge < -0.3 is 10.3 Å². The highest BCUT2D eigenvalue weighted by Crippen LogP contribution is 2.35. The van der Waals surface area contributed by atoms with Gasteiger partial charge in [-0.2, -0.15) is 18.2 Å². The van der Waals surface area contributed by atoms with Crippen LogP contribution in [0.15, 0.2) is 28.8 Å². The largest absolute Gasteiger partial charge is 0.416 e. The Labute approximate surface area is 138 Å². The van der Waals surface area contributed by atoms with Crippen molar-refractivity contribution in [2.45, 2.75) is 56.7 Å². The molecule has 2 aromatic rings. The summed E-state index contributed by atoms with van der Waals surface area (Å²) in [5.74, 6) is 0.974. The Morgan fingerprint density at radius 3 is 2.42 bits per heavy atom. The highest BCUT2D eigenvalue weighted by Gasteiger charge is 2.36. The van der Waals surface area contributed by atoms with Gasteiger partial charge in [-0.25, -0.2) is 0 Å². The molecular weight excluding hydrogens is 319 g/mol. The highest BCUT2D eigenvalue weighted by atomic mass is 19.4. The van der Waals surface area contributed by atoms with E-state index in [4.69, 9.17) is 10.3 Å². The molecule has 1 fully saturated rings. The molecule has 7 heteroatoms. The van der Waals surface area contributed by atoms with Gasteiger partial charge in [0.05, 0.1) is 11.1 Å². The summed E-state index contributed by atoms with van der Waals surface area (Å²) in [4.78, 5) is 4.40. The first-order valence-electron chi connectivity index (χ1n) is 8.07. The standard InChI is InChI=1S/C17H20F3N3O/c1-11(12-4-6-13(7-5-12)17(18,19)20)10-14-22-15(23-24-14)16(21)8-2-3-9-16/h4-7,11H,2-3,8-10,21H2,1H3. The van der Waals surface area contributed by atoms with Crippen molar-refractivity contribution in [1.29, 1.82) is 0 Å². The Morgan fingerprint density at radius 1 is 1.21 bits per heavy atom. The molecule has 4 nitrogen and oxygen atoms in total. The molecule has 0 bridgehead atoms. The van der Waals surface area contributed by atoms with Crippen molar-refractivity contribution in [2.75, 3.05) is 0 Å². The van der Waals surface area contributed by atoms with Crippen LogP contribution in [0.25, 0.3) is 0 Å². The third kappa shape index (κ3) is 3.45. The summed E-state index contributed by atoms with van der Waals surface area (Å²) < 4.78 is 43.1. The van der Waals surface area contributed by atoms with Gasteiger partial charge in [0.2, 0.25) is 5.89 Å². The molecule has 0 amide bonds. The van der Waals surface area contributed by atoms with E-state index >= 15 is 0 Å². The van der Waals surface area contributed by atoms with E-state index in [2.05, 4.69) is 10.1 Å². The molecule has 0 radical (unpaired) electrons. The minimum atomic E-state index is -4.32. The van der Waals surface area contributed by atoms with Gasteiger partial charge in [-0.1, -0.05) is 37.1 Å². The van der Waals surface area contributed by atoms with Crippen LogP contribution in [0, 0.1) is 0 Å². The van der Waals surface area contributed by atoms with Crippen molar-refractivity contribution in [2.24, 2.45) is 5.73 Å². The van der Waals surface area contributed by atoms with Gasteiger partial charge in [-0.05, 0) is 36.5 Å². The first kappa shape index (κ1) is 17.0. The molecule has 24 heavy (non-hydrogen) atoms. The van der Waals surface area contributed by atoms with Crippen molar-refractivity contribution in [3.63, 3.8) is 0 Å². The minimum Gasteiger partial charge on any atom is -0.339 e. The fourth-order valence-electron chi connectivity index (χ4n) is 3.15. The Morgan fingerprint density at radius 2 is 1.83 bits per heavy atom. The Hall–Kier alpha value is -1.89. The second-order valence-electron chi connectivity index (χ2n) is 6.60. The fraction of sp³-hybridized carbons (Fsp3) is 0.529. The molecule has 2 N–H and O–H groups in total. The fourth-order valence-corrected chi connectivity index (χ4v) is 3.15. The molecule has 1 atom stereocenters. The Balaban J connectivity index is 1.69. The number of aromatic nitrogens is 2. The molecule has 0 aliphatic heterocycles. The summed E-state index contributed by atoms with van der Waals surface area (Å²) in [5, 5.41) is 4.00. The van der Waals surface area contributed by atoms with Gasteiger partial charge in [-0.15, -0.1) is 0 Å². The van der Waals surface area contributed by atoms with E-state index < -0.39 is 17.3 Å². The summed E-state index contributed by atoms with van der Waals surface area (Å²) in [7, 11) is 0. The SMILES string of the molecule is CC(Cc1nc(C2(N)CCCC2)no1)c1ccc(C(F)(F)F)cc1. The number of nitrogens with two attached hydrogens (primary N) is 1. The van der Waals surface area contributed by atoms with E-state index in [-0.39, 0.29) is 5.92 Å². The van der Waals surface area contributed by atoms with Gasteiger partial charge in [0, 0.05) is 6.42 Å². The van der Waals surface area contributed by atoms with Crippen molar-refractivity contribution in [3.05, 3.63) is 47.1 Å². The Bertz CT molecular complexity index is 688. The summed E-state index contributed by atoms with van der Waals surface area (Å²) >= 11 is 0. The molecule has 1 aliphatic carbocycles. The number of alkyl halides is 3.